The molecule has 0 aliphatic carbocycles. The van der Waals surface area contributed by atoms with Gasteiger partial charge in [0, 0.05) is 10.6 Å². The fourth-order valence-corrected chi connectivity index (χ4v) is 3.65. The van der Waals surface area contributed by atoms with Crippen LogP contribution in [-0.2, 0) is 0 Å². The van der Waals surface area contributed by atoms with E-state index in [-0.39, 0.29) is 11.6 Å². The molecule has 2 aromatic carbocycles. The van der Waals surface area contributed by atoms with Crippen LogP contribution in [0.5, 0.6) is 0 Å². The van der Waals surface area contributed by atoms with Gasteiger partial charge < -0.3 is 0 Å². The molecular formula is C12H8F2P2. The van der Waals surface area contributed by atoms with Gasteiger partial charge in [-0.15, -0.1) is 0 Å². The minimum Gasteiger partial charge on any atom is -0.206 e. The third-order valence-corrected chi connectivity index (χ3v) is 4.82. The molecule has 2 aromatic rings. The smallest absolute Gasteiger partial charge is 0.131 e. The molecule has 0 unspecified atom stereocenters. The van der Waals surface area contributed by atoms with E-state index in [1.54, 1.807) is 36.4 Å². The highest BCUT2D eigenvalue weighted by Crippen LogP contribution is 2.36. The van der Waals surface area contributed by atoms with Gasteiger partial charge in [-0.05, 0) is 28.7 Å². The molecule has 4 heteroatoms. The van der Waals surface area contributed by atoms with Crippen molar-refractivity contribution in [1.82, 2.24) is 0 Å². The quantitative estimate of drug-likeness (QED) is 0.730. The topological polar surface area (TPSA) is 0 Å². The van der Waals surface area contributed by atoms with Gasteiger partial charge in [0.1, 0.15) is 11.6 Å². The van der Waals surface area contributed by atoms with Crippen molar-refractivity contribution in [3.8, 4) is 0 Å². The molecule has 0 saturated heterocycles. The maximum absolute atomic E-state index is 13.3. The molecule has 0 aliphatic heterocycles. The molecule has 0 nitrogen and oxygen atoms in total. The molecule has 0 heterocycles. The first-order valence-electron chi connectivity index (χ1n) is 4.68. The molecule has 16 heavy (non-hydrogen) atoms. The highest BCUT2D eigenvalue weighted by molar-refractivity contribution is 8.18. The van der Waals surface area contributed by atoms with Crippen molar-refractivity contribution in [3.63, 3.8) is 0 Å². The highest BCUT2D eigenvalue weighted by atomic mass is 32.0. The average molecular weight is 252 g/mol. The zero-order valence-corrected chi connectivity index (χ0v) is 10.1. The molecule has 0 N–H and O–H groups in total. The molecule has 0 atom stereocenters. The van der Waals surface area contributed by atoms with Crippen molar-refractivity contribution in [2.75, 3.05) is 0 Å². The highest BCUT2D eigenvalue weighted by Gasteiger charge is 2.05. The van der Waals surface area contributed by atoms with Crippen molar-refractivity contribution >= 4 is 27.1 Å². The van der Waals surface area contributed by atoms with E-state index in [2.05, 4.69) is 0 Å². The van der Waals surface area contributed by atoms with Crippen LogP contribution in [0, 0.1) is 11.6 Å². The van der Waals surface area contributed by atoms with Gasteiger partial charge in [0.2, 0.25) is 0 Å². The predicted molar refractivity (Wildman–Crippen MR) is 65.9 cm³/mol. The number of halogens is 2. The van der Waals surface area contributed by atoms with Crippen LogP contribution in [0.3, 0.4) is 0 Å². The summed E-state index contributed by atoms with van der Waals surface area (Å²) in [5.41, 5.74) is 0. The van der Waals surface area contributed by atoms with E-state index < -0.39 is 0 Å². The second-order valence-electron chi connectivity index (χ2n) is 3.10. The van der Waals surface area contributed by atoms with Gasteiger partial charge in [-0.2, -0.15) is 0 Å². The van der Waals surface area contributed by atoms with Crippen LogP contribution < -0.4 is 10.6 Å². The van der Waals surface area contributed by atoms with E-state index >= 15 is 0 Å². The summed E-state index contributed by atoms with van der Waals surface area (Å²) in [5, 5.41) is 1.18. The Labute approximate surface area is 96.5 Å². The third-order valence-electron chi connectivity index (χ3n) is 1.97. The Bertz CT molecular complexity index is 440. The Balaban J connectivity index is 2.09. The first-order chi connectivity index (χ1) is 7.77. The number of benzene rings is 2. The Kier molecular flexibility index (Phi) is 3.98. The lowest BCUT2D eigenvalue weighted by molar-refractivity contribution is 0.636. The minimum absolute atomic E-state index is 0.243. The van der Waals surface area contributed by atoms with Crippen molar-refractivity contribution < 1.29 is 8.78 Å². The normalized spacial score (nSPS) is 11.9. The summed E-state index contributed by atoms with van der Waals surface area (Å²) in [6, 6.07) is 13.1. The second-order valence-corrected chi connectivity index (χ2v) is 5.67. The molecule has 0 fully saturated rings. The molecule has 2 radical (unpaired) electrons. The van der Waals surface area contributed by atoms with Gasteiger partial charge in [-0.1, -0.05) is 36.4 Å². The van der Waals surface area contributed by atoms with Crippen molar-refractivity contribution in [2.24, 2.45) is 0 Å². The standard InChI is InChI=1S/C12H8F2P2/c13-9-5-1-3-7-11(9)15-16-12-8-4-2-6-10(12)14/h1-8H. The van der Waals surface area contributed by atoms with E-state index in [1.165, 1.54) is 12.1 Å². The summed E-state index contributed by atoms with van der Waals surface area (Å²) in [6.45, 7) is 0. The fourth-order valence-electron chi connectivity index (χ4n) is 1.17. The van der Waals surface area contributed by atoms with Crippen LogP contribution in [0.1, 0.15) is 0 Å². The van der Waals surface area contributed by atoms with E-state index in [4.69, 9.17) is 0 Å². The molecule has 0 aromatic heterocycles. The monoisotopic (exact) mass is 252 g/mol. The minimum atomic E-state index is -0.243. The lowest BCUT2D eigenvalue weighted by atomic mass is 10.3. The summed E-state index contributed by atoms with van der Waals surface area (Å²) in [4.78, 5) is 0. The third kappa shape index (κ3) is 2.84. The van der Waals surface area contributed by atoms with Crippen molar-refractivity contribution in [2.45, 2.75) is 0 Å². The van der Waals surface area contributed by atoms with E-state index in [0.29, 0.717) is 10.6 Å². The number of rotatable bonds is 3. The van der Waals surface area contributed by atoms with Crippen LogP contribution in [-0.4, -0.2) is 0 Å². The molecule has 2 rings (SSSR count). The van der Waals surface area contributed by atoms with Gasteiger partial charge in [-0.25, -0.2) is 8.78 Å². The molecule has 0 amide bonds. The Morgan fingerprint density at radius 2 is 1.00 bits per heavy atom. The van der Waals surface area contributed by atoms with Gasteiger partial charge in [0.05, 0.1) is 0 Å². The van der Waals surface area contributed by atoms with Gasteiger partial charge in [-0.3, -0.25) is 0 Å². The molecule has 80 valence electrons. The molecule has 0 aliphatic rings. The Morgan fingerprint density at radius 1 is 0.625 bits per heavy atom. The van der Waals surface area contributed by atoms with Crippen molar-refractivity contribution in [1.29, 1.82) is 0 Å². The predicted octanol–water partition coefficient (Wildman–Crippen LogP) is 3.72. The lowest BCUT2D eigenvalue weighted by Gasteiger charge is -2.02. The molecule has 0 bridgehead atoms. The summed E-state index contributed by atoms with van der Waals surface area (Å²) >= 11 is 0. The Morgan fingerprint density at radius 3 is 1.38 bits per heavy atom. The first kappa shape index (κ1) is 11.6. The summed E-state index contributed by atoms with van der Waals surface area (Å²) in [5.74, 6) is -0.485. The maximum Gasteiger partial charge on any atom is 0.131 e. The van der Waals surface area contributed by atoms with Crippen LogP contribution in [0.2, 0.25) is 0 Å². The van der Waals surface area contributed by atoms with E-state index in [1.807, 2.05) is 0 Å². The largest absolute Gasteiger partial charge is 0.206 e. The van der Waals surface area contributed by atoms with E-state index in [0.717, 1.165) is 16.5 Å². The summed E-state index contributed by atoms with van der Waals surface area (Å²) in [7, 11) is 1.51. The molecule has 0 spiro atoms. The second kappa shape index (κ2) is 5.48. The maximum atomic E-state index is 13.3. The summed E-state index contributed by atoms with van der Waals surface area (Å²) < 4.78 is 26.6. The van der Waals surface area contributed by atoms with Crippen molar-refractivity contribution in [3.05, 3.63) is 60.2 Å². The SMILES string of the molecule is Fc1ccccc1[P][P]c1ccccc1F. The zero-order valence-electron chi connectivity index (χ0n) is 8.27. The number of hydrogen-bond donors (Lipinski definition) is 0. The number of hydrogen-bond acceptors (Lipinski definition) is 0. The Hall–Kier alpha value is -0.840. The van der Waals surface area contributed by atoms with Gasteiger partial charge in [0.25, 0.3) is 0 Å². The fraction of sp³-hybridized carbons (Fsp3) is 0. The van der Waals surface area contributed by atoms with Crippen LogP contribution >= 0.6 is 16.5 Å². The van der Waals surface area contributed by atoms with Crippen LogP contribution in [0.25, 0.3) is 0 Å². The molecule has 0 saturated carbocycles. The van der Waals surface area contributed by atoms with E-state index in [9.17, 15) is 8.78 Å². The average Bonchev–Trinajstić information content (AvgIpc) is 2.30. The summed E-state index contributed by atoms with van der Waals surface area (Å²) in [6.07, 6.45) is 0. The molecular weight excluding hydrogens is 244 g/mol. The lowest BCUT2D eigenvalue weighted by Crippen LogP contribution is -2.02. The van der Waals surface area contributed by atoms with Crippen LogP contribution in [0.15, 0.2) is 48.5 Å². The first-order valence-corrected chi connectivity index (χ1v) is 7.17. The van der Waals surface area contributed by atoms with Gasteiger partial charge in [0.15, 0.2) is 0 Å². The zero-order chi connectivity index (χ0) is 11.4. The van der Waals surface area contributed by atoms with Gasteiger partial charge >= 0.3 is 0 Å². The van der Waals surface area contributed by atoms with Crippen LogP contribution in [0.4, 0.5) is 8.78 Å².